The van der Waals surface area contributed by atoms with Crippen molar-refractivity contribution in [3.05, 3.63) is 70.1 Å². The van der Waals surface area contributed by atoms with Gasteiger partial charge in [0.1, 0.15) is 0 Å². The van der Waals surface area contributed by atoms with Crippen LogP contribution in [-0.4, -0.2) is 18.8 Å². The highest BCUT2D eigenvalue weighted by molar-refractivity contribution is 5.85. The van der Waals surface area contributed by atoms with Gasteiger partial charge in [-0.15, -0.1) is 0 Å². The van der Waals surface area contributed by atoms with Gasteiger partial charge in [0.25, 0.3) is 5.56 Å². The van der Waals surface area contributed by atoms with E-state index in [1.54, 1.807) is 25.8 Å². The summed E-state index contributed by atoms with van der Waals surface area (Å²) in [5.74, 6) is 1.42. The summed E-state index contributed by atoms with van der Waals surface area (Å²) in [7, 11) is 5.04. The van der Waals surface area contributed by atoms with Crippen LogP contribution in [0.1, 0.15) is 11.1 Å². The average Bonchev–Trinajstić information content (AvgIpc) is 2.59. The lowest BCUT2D eigenvalue weighted by molar-refractivity contribution is 0.354. The van der Waals surface area contributed by atoms with Crippen molar-refractivity contribution in [1.29, 1.82) is 0 Å². The summed E-state index contributed by atoms with van der Waals surface area (Å²) in [4.78, 5) is 12.2. The van der Waals surface area contributed by atoms with Crippen molar-refractivity contribution in [3.8, 4) is 11.5 Å². The molecule has 0 spiro atoms. The van der Waals surface area contributed by atoms with Crippen LogP contribution in [0.5, 0.6) is 11.5 Å². The van der Waals surface area contributed by atoms with Gasteiger partial charge in [-0.2, -0.15) is 0 Å². The van der Waals surface area contributed by atoms with Gasteiger partial charge in [0, 0.05) is 18.6 Å². The summed E-state index contributed by atoms with van der Waals surface area (Å²) >= 11 is 0. The second kappa shape index (κ2) is 6.16. The molecule has 0 amide bonds. The third-order valence-corrected chi connectivity index (χ3v) is 4.02. The lowest BCUT2D eigenvalue weighted by Gasteiger charge is -2.12. The first-order valence-corrected chi connectivity index (χ1v) is 7.42. The van der Waals surface area contributed by atoms with Gasteiger partial charge >= 0.3 is 0 Å². The molecule has 0 aliphatic carbocycles. The molecule has 4 heteroatoms. The van der Waals surface area contributed by atoms with Crippen LogP contribution in [0.2, 0.25) is 0 Å². The van der Waals surface area contributed by atoms with Crippen LogP contribution in [-0.2, 0) is 13.5 Å². The molecule has 0 N–H and O–H groups in total. The summed E-state index contributed by atoms with van der Waals surface area (Å²) in [6, 6.07) is 13.6. The zero-order valence-corrected chi connectivity index (χ0v) is 13.5. The number of ether oxygens (including phenoxy) is 2. The highest BCUT2D eigenvalue weighted by Gasteiger charge is 2.09. The van der Waals surface area contributed by atoms with E-state index in [0.717, 1.165) is 28.3 Å². The second-order valence-electron chi connectivity index (χ2n) is 5.48. The van der Waals surface area contributed by atoms with Crippen LogP contribution < -0.4 is 15.0 Å². The predicted octanol–water partition coefficient (Wildman–Crippen LogP) is 3.15. The monoisotopic (exact) mass is 309 g/mol. The highest BCUT2D eigenvalue weighted by Crippen LogP contribution is 2.29. The maximum atomic E-state index is 12.2. The van der Waals surface area contributed by atoms with Crippen LogP contribution >= 0.6 is 0 Å². The minimum absolute atomic E-state index is 0.0247. The second-order valence-corrected chi connectivity index (χ2v) is 5.48. The minimum Gasteiger partial charge on any atom is -0.493 e. The number of rotatable bonds is 4. The van der Waals surface area contributed by atoms with Crippen molar-refractivity contribution < 1.29 is 9.47 Å². The summed E-state index contributed by atoms with van der Waals surface area (Å²) in [6.07, 6.45) is 2.62. The van der Waals surface area contributed by atoms with Crippen molar-refractivity contribution in [2.45, 2.75) is 6.42 Å². The fraction of sp³-hybridized carbons (Fsp3) is 0.211. The van der Waals surface area contributed by atoms with Crippen molar-refractivity contribution in [2.24, 2.45) is 7.05 Å². The van der Waals surface area contributed by atoms with E-state index >= 15 is 0 Å². The molecular formula is C19H19NO3. The average molecular weight is 309 g/mol. The maximum absolute atomic E-state index is 12.2. The number of pyridine rings is 1. The van der Waals surface area contributed by atoms with E-state index in [9.17, 15) is 4.79 Å². The molecule has 0 saturated carbocycles. The number of benzene rings is 2. The fourth-order valence-corrected chi connectivity index (χ4v) is 2.85. The number of nitrogens with zero attached hydrogens (tertiary/aromatic N) is 1. The van der Waals surface area contributed by atoms with Gasteiger partial charge in [0.2, 0.25) is 0 Å². The van der Waals surface area contributed by atoms with E-state index in [-0.39, 0.29) is 5.56 Å². The Morgan fingerprint density at radius 3 is 2.35 bits per heavy atom. The summed E-state index contributed by atoms with van der Waals surface area (Å²) in [6.45, 7) is 0. The van der Waals surface area contributed by atoms with Crippen LogP contribution in [0.3, 0.4) is 0 Å². The number of aryl methyl sites for hydroxylation is 1. The Kier molecular flexibility index (Phi) is 4.06. The quantitative estimate of drug-likeness (QED) is 0.743. The van der Waals surface area contributed by atoms with Gasteiger partial charge in [0.05, 0.1) is 14.2 Å². The summed E-state index contributed by atoms with van der Waals surface area (Å²) < 4.78 is 12.3. The van der Waals surface area contributed by atoms with E-state index in [4.69, 9.17) is 9.47 Å². The largest absolute Gasteiger partial charge is 0.493 e. The topological polar surface area (TPSA) is 40.5 Å². The third-order valence-electron chi connectivity index (χ3n) is 4.02. The van der Waals surface area contributed by atoms with Crippen LogP contribution in [0.15, 0.2) is 53.5 Å². The summed E-state index contributed by atoms with van der Waals surface area (Å²) in [5.41, 5.74) is 2.23. The SMILES string of the molecule is COc1ccc(Cc2cn(C)c(=O)c3ccccc23)cc1OC. The molecule has 3 aromatic rings. The fourth-order valence-electron chi connectivity index (χ4n) is 2.85. The maximum Gasteiger partial charge on any atom is 0.258 e. The first-order valence-electron chi connectivity index (χ1n) is 7.42. The van der Waals surface area contributed by atoms with Crippen LogP contribution in [0, 0.1) is 0 Å². The molecule has 118 valence electrons. The van der Waals surface area contributed by atoms with E-state index in [0.29, 0.717) is 11.5 Å². The smallest absolute Gasteiger partial charge is 0.258 e. The van der Waals surface area contributed by atoms with Crippen LogP contribution in [0.4, 0.5) is 0 Å². The zero-order valence-electron chi connectivity index (χ0n) is 13.5. The zero-order chi connectivity index (χ0) is 16.4. The van der Waals surface area contributed by atoms with Crippen molar-refractivity contribution in [1.82, 2.24) is 4.57 Å². The molecule has 4 nitrogen and oxygen atoms in total. The molecule has 0 unspecified atom stereocenters. The molecule has 1 aromatic heterocycles. The Labute approximate surface area is 134 Å². The van der Waals surface area contributed by atoms with Gasteiger partial charge in [-0.1, -0.05) is 24.3 Å². The van der Waals surface area contributed by atoms with Crippen molar-refractivity contribution in [2.75, 3.05) is 14.2 Å². The first kappa shape index (κ1) is 15.2. The Hall–Kier alpha value is -2.75. The van der Waals surface area contributed by atoms with Crippen molar-refractivity contribution in [3.63, 3.8) is 0 Å². The molecular weight excluding hydrogens is 290 g/mol. The number of hydrogen-bond acceptors (Lipinski definition) is 3. The number of fused-ring (bicyclic) bond motifs is 1. The van der Waals surface area contributed by atoms with Gasteiger partial charge in [-0.05, 0) is 41.1 Å². The first-order chi connectivity index (χ1) is 11.1. The van der Waals surface area contributed by atoms with Crippen LogP contribution in [0.25, 0.3) is 10.8 Å². The predicted molar refractivity (Wildman–Crippen MR) is 91.5 cm³/mol. The van der Waals surface area contributed by atoms with Gasteiger partial charge < -0.3 is 14.0 Å². The Balaban J connectivity index is 2.09. The molecule has 0 atom stereocenters. The minimum atomic E-state index is 0.0247. The molecule has 0 aliphatic heterocycles. The molecule has 0 radical (unpaired) electrons. The van der Waals surface area contributed by atoms with E-state index in [2.05, 4.69) is 0 Å². The lowest BCUT2D eigenvalue weighted by atomic mass is 10.0. The van der Waals surface area contributed by atoms with E-state index < -0.39 is 0 Å². The molecule has 0 bridgehead atoms. The third kappa shape index (κ3) is 2.80. The molecule has 0 saturated heterocycles. The normalized spacial score (nSPS) is 10.7. The van der Waals surface area contributed by atoms with Gasteiger partial charge in [0.15, 0.2) is 11.5 Å². The Morgan fingerprint density at radius 1 is 0.957 bits per heavy atom. The molecule has 2 aromatic carbocycles. The molecule has 3 rings (SSSR count). The summed E-state index contributed by atoms with van der Waals surface area (Å²) in [5, 5.41) is 1.73. The Bertz CT molecular complexity index is 912. The van der Waals surface area contributed by atoms with Gasteiger partial charge in [-0.3, -0.25) is 4.79 Å². The van der Waals surface area contributed by atoms with Gasteiger partial charge in [-0.25, -0.2) is 0 Å². The Morgan fingerprint density at radius 2 is 1.65 bits per heavy atom. The molecule has 23 heavy (non-hydrogen) atoms. The molecule has 0 fully saturated rings. The lowest BCUT2D eigenvalue weighted by Crippen LogP contribution is -2.17. The number of methoxy groups -OCH3 is 2. The molecule has 1 heterocycles. The van der Waals surface area contributed by atoms with E-state index in [1.807, 2.05) is 48.7 Å². The van der Waals surface area contributed by atoms with Crippen molar-refractivity contribution >= 4 is 10.8 Å². The van der Waals surface area contributed by atoms with E-state index in [1.165, 1.54) is 0 Å². The highest BCUT2D eigenvalue weighted by atomic mass is 16.5. The number of aromatic nitrogens is 1. The standard InChI is InChI=1S/C19H19NO3/c1-20-12-14(15-6-4-5-7-16(15)19(20)21)10-13-8-9-17(22-2)18(11-13)23-3/h4-9,11-12H,10H2,1-3H3. The number of hydrogen-bond donors (Lipinski definition) is 0. The molecule has 0 aliphatic rings.